The van der Waals surface area contributed by atoms with Gasteiger partial charge in [0.05, 0.1) is 12.4 Å². The van der Waals surface area contributed by atoms with E-state index in [0.29, 0.717) is 28.6 Å². The summed E-state index contributed by atoms with van der Waals surface area (Å²) in [6, 6.07) is 21.9. The molecule has 0 bridgehead atoms. The van der Waals surface area contributed by atoms with Gasteiger partial charge >= 0.3 is 0 Å². The van der Waals surface area contributed by atoms with Gasteiger partial charge in [-0.2, -0.15) is 0 Å². The number of hydrogen-bond donors (Lipinski definition) is 1. The number of benzene rings is 3. The molecule has 0 radical (unpaired) electrons. The molecule has 0 aromatic heterocycles. The predicted molar refractivity (Wildman–Crippen MR) is 126 cm³/mol. The number of anilines is 2. The molecule has 4 rings (SSSR count). The van der Waals surface area contributed by atoms with E-state index in [1.54, 1.807) is 40.9 Å². The Hall–Kier alpha value is -2.96. The third kappa shape index (κ3) is 4.86. The molecule has 1 saturated heterocycles. The number of rotatable bonds is 6. The second kappa shape index (κ2) is 9.45. The van der Waals surface area contributed by atoms with Crippen molar-refractivity contribution in [3.05, 3.63) is 88.9 Å². The van der Waals surface area contributed by atoms with E-state index in [2.05, 4.69) is 5.32 Å². The van der Waals surface area contributed by atoms with Crippen molar-refractivity contribution < 1.29 is 14.3 Å². The fourth-order valence-electron chi connectivity index (χ4n) is 3.38. The number of carbonyl (C=O) groups is 2. The summed E-state index contributed by atoms with van der Waals surface area (Å²) in [5.74, 6) is 1.04. The monoisotopic (exact) mass is 452 g/mol. The maximum absolute atomic E-state index is 12.6. The highest BCUT2D eigenvalue weighted by molar-refractivity contribution is 8.00. The highest BCUT2D eigenvalue weighted by Crippen LogP contribution is 2.42. The molecule has 2 amide bonds. The molecular weight excluding hydrogens is 432 g/mol. The average molecular weight is 453 g/mol. The number of thioether (sulfide) groups is 1. The lowest BCUT2D eigenvalue weighted by Crippen LogP contribution is -2.27. The molecule has 1 fully saturated rings. The molecular formula is C24H21ClN2O3S. The zero-order valence-electron chi connectivity index (χ0n) is 16.9. The Morgan fingerprint density at radius 2 is 1.87 bits per heavy atom. The zero-order valence-corrected chi connectivity index (χ0v) is 18.5. The maximum Gasteiger partial charge on any atom is 0.255 e. The van der Waals surface area contributed by atoms with E-state index in [-0.39, 0.29) is 17.2 Å². The smallest absolute Gasteiger partial charge is 0.255 e. The van der Waals surface area contributed by atoms with Gasteiger partial charge in [-0.3, -0.25) is 14.5 Å². The van der Waals surface area contributed by atoms with Gasteiger partial charge in [0.2, 0.25) is 5.91 Å². The van der Waals surface area contributed by atoms with Crippen molar-refractivity contribution in [1.82, 2.24) is 0 Å². The third-order valence-corrected chi connectivity index (χ3v) is 6.28. The molecule has 1 heterocycles. The van der Waals surface area contributed by atoms with Crippen LogP contribution in [0.1, 0.15) is 28.2 Å². The topological polar surface area (TPSA) is 58.6 Å². The number of hydrogen-bond acceptors (Lipinski definition) is 4. The van der Waals surface area contributed by atoms with Gasteiger partial charge in [-0.1, -0.05) is 29.8 Å². The predicted octanol–water partition coefficient (Wildman–Crippen LogP) is 5.77. The van der Waals surface area contributed by atoms with Gasteiger partial charge in [-0.25, -0.2) is 0 Å². The van der Waals surface area contributed by atoms with Crippen molar-refractivity contribution in [3.8, 4) is 5.75 Å². The lowest BCUT2D eigenvalue weighted by atomic mass is 10.1. The summed E-state index contributed by atoms with van der Waals surface area (Å²) in [4.78, 5) is 26.8. The standard InChI is InChI=1S/C24H21ClN2O3S/c1-2-30-21-12-10-20(11-13-21)27-22(28)15-31-24(27)16-6-8-19(9-7-16)26-23(29)17-4-3-5-18(25)14-17/h3-14,24H,2,15H2,1H3,(H,26,29). The van der Waals surface area contributed by atoms with Crippen molar-refractivity contribution in [2.45, 2.75) is 12.3 Å². The Bertz CT molecular complexity index is 1090. The molecule has 0 saturated carbocycles. The fraction of sp³-hybridized carbons (Fsp3) is 0.167. The lowest BCUT2D eigenvalue weighted by molar-refractivity contribution is -0.115. The largest absolute Gasteiger partial charge is 0.494 e. The average Bonchev–Trinajstić information content (AvgIpc) is 3.16. The van der Waals surface area contributed by atoms with Gasteiger partial charge in [-0.05, 0) is 67.1 Å². The van der Waals surface area contributed by atoms with E-state index in [1.165, 1.54) is 0 Å². The van der Waals surface area contributed by atoms with Crippen LogP contribution in [0.25, 0.3) is 0 Å². The first-order chi connectivity index (χ1) is 15.0. The molecule has 31 heavy (non-hydrogen) atoms. The molecule has 7 heteroatoms. The SMILES string of the molecule is CCOc1ccc(N2C(=O)CSC2c2ccc(NC(=O)c3cccc(Cl)c3)cc2)cc1. The summed E-state index contributed by atoms with van der Waals surface area (Å²) in [6.07, 6.45) is 0. The summed E-state index contributed by atoms with van der Waals surface area (Å²) < 4.78 is 5.49. The van der Waals surface area contributed by atoms with Gasteiger partial charge in [0.15, 0.2) is 0 Å². The normalized spacial score (nSPS) is 15.7. The summed E-state index contributed by atoms with van der Waals surface area (Å²) in [5.41, 5.74) is 3.00. The Morgan fingerprint density at radius 1 is 1.13 bits per heavy atom. The number of amides is 2. The van der Waals surface area contributed by atoms with Crippen LogP contribution in [0.2, 0.25) is 5.02 Å². The number of carbonyl (C=O) groups excluding carboxylic acids is 2. The first kappa shape index (κ1) is 21.3. The Labute approximate surface area is 190 Å². The van der Waals surface area contributed by atoms with Gasteiger partial charge in [-0.15, -0.1) is 11.8 Å². The molecule has 1 atom stereocenters. The van der Waals surface area contributed by atoms with E-state index >= 15 is 0 Å². The van der Waals surface area contributed by atoms with E-state index in [0.717, 1.165) is 17.0 Å². The van der Waals surface area contributed by atoms with Gasteiger partial charge in [0, 0.05) is 22.0 Å². The lowest BCUT2D eigenvalue weighted by Gasteiger charge is -2.24. The maximum atomic E-state index is 12.6. The number of nitrogens with zero attached hydrogens (tertiary/aromatic N) is 1. The molecule has 158 valence electrons. The van der Waals surface area contributed by atoms with Crippen molar-refractivity contribution >= 4 is 46.6 Å². The van der Waals surface area contributed by atoms with Crippen LogP contribution in [0, 0.1) is 0 Å². The summed E-state index contributed by atoms with van der Waals surface area (Å²) in [7, 11) is 0. The molecule has 1 unspecified atom stereocenters. The molecule has 1 N–H and O–H groups in total. The van der Waals surface area contributed by atoms with Crippen LogP contribution in [-0.2, 0) is 4.79 Å². The highest BCUT2D eigenvalue weighted by atomic mass is 35.5. The Kier molecular flexibility index (Phi) is 6.49. The second-order valence-electron chi connectivity index (χ2n) is 6.94. The van der Waals surface area contributed by atoms with Crippen molar-refractivity contribution in [2.75, 3.05) is 22.6 Å². The summed E-state index contributed by atoms with van der Waals surface area (Å²) in [5, 5.41) is 3.27. The van der Waals surface area contributed by atoms with Gasteiger partial charge in [0.1, 0.15) is 11.1 Å². The third-order valence-electron chi connectivity index (χ3n) is 4.83. The molecule has 0 spiro atoms. The minimum absolute atomic E-state index is 0.0671. The molecule has 1 aliphatic rings. The van der Waals surface area contributed by atoms with Crippen molar-refractivity contribution in [1.29, 1.82) is 0 Å². The van der Waals surface area contributed by atoms with Crippen LogP contribution in [0.4, 0.5) is 11.4 Å². The summed E-state index contributed by atoms with van der Waals surface area (Å²) in [6.45, 7) is 2.53. The van der Waals surface area contributed by atoms with Crippen LogP contribution in [0.15, 0.2) is 72.8 Å². The van der Waals surface area contributed by atoms with Crippen LogP contribution in [0.5, 0.6) is 5.75 Å². The van der Waals surface area contributed by atoms with Crippen molar-refractivity contribution in [3.63, 3.8) is 0 Å². The van der Waals surface area contributed by atoms with E-state index in [1.807, 2.05) is 55.5 Å². The first-order valence-corrected chi connectivity index (χ1v) is 11.3. The Morgan fingerprint density at radius 3 is 2.55 bits per heavy atom. The number of ether oxygens (including phenoxy) is 1. The van der Waals surface area contributed by atoms with Gasteiger partial charge < -0.3 is 10.1 Å². The quantitative estimate of drug-likeness (QED) is 0.515. The zero-order chi connectivity index (χ0) is 21.8. The first-order valence-electron chi connectivity index (χ1n) is 9.88. The molecule has 3 aromatic carbocycles. The number of halogens is 1. The van der Waals surface area contributed by atoms with Crippen LogP contribution < -0.4 is 15.0 Å². The minimum atomic E-state index is -0.225. The highest BCUT2D eigenvalue weighted by Gasteiger charge is 2.34. The number of nitrogens with one attached hydrogen (secondary N) is 1. The molecule has 1 aliphatic heterocycles. The van der Waals surface area contributed by atoms with Gasteiger partial charge in [0.25, 0.3) is 5.91 Å². The molecule has 0 aliphatic carbocycles. The van der Waals surface area contributed by atoms with Crippen molar-refractivity contribution in [2.24, 2.45) is 0 Å². The second-order valence-corrected chi connectivity index (χ2v) is 8.45. The molecule has 5 nitrogen and oxygen atoms in total. The van der Waals surface area contributed by atoms with E-state index in [4.69, 9.17) is 16.3 Å². The Balaban J connectivity index is 1.49. The fourth-order valence-corrected chi connectivity index (χ4v) is 4.75. The van der Waals surface area contributed by atoms with Crippen LogP contribution in [-0.4, -0.2) is 24.2 Å². The van der Waals surface area contributed by atoms with E-state index < -0.39 is 0 Å². The van der Waals surface area contributed by atoms with Crippen LogP contribution in [0.3, 0.4) is 0 Å². The summed E-state index contributed by atoms with van der Waals surface area (Å²) >= 11 is 7.55. The van der Waals surface area contributed by atoms with E-state index in [9.17, 15) is 9.59 Å². The minimum Gasteiger partial charge on any atom is -0.494 e. The van der Waals surface area contributed by atoms with Crippen LogP contribution >= 0.6 is 23.4 Å². The molecule has 3 aromatic rings.